The molecule has 56 valence electrons. The number of rotatable bonds is 2. The van der Waals surface area contributed by atoms with E-state index in [1.807, 2.05) is 6.08 Å². The number of aliphatic carboxylic acids is 1. The lowest BCUT2D eigenvalue weighted by molar-refractivity contribution is -0.140. The second-order valence-electron chi connectivity index (χ2n) is 2.34. The number of carboxylic acid groups (broad SMARTS) is 1. The van der Waals surface area contributed by atoms with E-state index in [1.165, 1.54) is 0 Å². The highest BCUT2D eigenvalue weighted by Gasteiger charge is 2.22. The summed E-state index contributed by atoms with van der Waals surface area (Å²) in [6.45, 7) is 0. The lowest BCUT2D eigenvalue weighted by Gasteiger charge is -2.05. The standard InChI is InChI=1S/C6H10NO2P/c8-6(9)4-1-2-5(3-4)7-10/h1-2,4-5,7H,3,10H2,(H,8,9)/t4-,5+/m0/s1. The summed E-state index contributed by atoms with van der Waals surface area (Å²) in [5, 5.41) is 11.5. The molecule has 0 aliphatic heterocycles. The van der Waals surface area contributed by atoms with Crippen LogP contribution in [0.3, 0.4) is 0 Å². The zero-order valence-electron chi connectivity index (χ0n) is 5.45. The van der Waals surface area contributed by atoms with Gasteiger partial charge in [0.1, 0.15) is 0 Å². The van der Waals surface area contributed by atoms with E-state index in [4.69, 9.17) is 5.11 Å². The van der Waals surface area contributed by atoms with Gasteiger partial charge in [-0.15, -0.1) is 0 Å². The molecule has 1 aliphatic rings. The first kappa shape index (κ1) is 7.70. The third-order valence-corrected chi connectivity index (χ3v) is 2.04. The molecule has 0 heterocycles. The topological polar surface area (TPSA) is 49.3 Å². The van der Waals surface area contributed by atoms with E-state index in [9.17, 15) is 4.79 Å². The minimum Gasteiger partial charge on any atom is -0.481 e. The molecule has 0 aromatic carbocycles. The Bertz CT molecular complexity index is 169. The quantitative estimate of drug-likeness (QED) is 0.452. The van der Waals surface area contributed by atoms with Crippen molar-refractivity contribution in [1.29, 1.82) is 0 Å². The van der Waals surface area contributed by atoms with Gasteiger partial charge in [-0.25, -0.2) is 0 Å². The number of nitrogens with one attached hydrogen (secondary N) is 1. The molecule has 1 rings (SSSR count). The number of hydrogen-bond donors (Lipinski definition) is 2. The highest BCUT2D eigenvalue weighted by molar-refractivity contribution is 7.13. The first-order chi connectivity index (χ1) is 4.74. The highest BCUT2D eigenvalue weighted by atomic mass is 31.0. The van der Waals surface area contributed by atoms with Gasteiger partial charge < -0.3 is 5.11 Å². The fourth-order valence-electron chi connectivity index (χ4n) is 1.01. The molecular formula is C6H10NO2P. The summed E-state index contributed by atoms with van der Waals surface area (Å²) >= 11 is 0. The van der Waals surface area contributed by atoms with Crippen LogP contribution >= 0.6 is 9.39 Å². The normalized spacial score (nSPS) is 30.9. The summed E-state index contributed by atoms with van der Waals surface area (Å²) in [5.41, 5.74) is 0. The van der Waals surface area contributed by atoms with Gasteiger partial charge in [-0.2, -0.15) is 0 Å². The van der Waals surface area contributed by atoms with Crippen molar-refractivity contribution < 1.29 is 9.90 Å². The van der Waals surface area contributed by atoms with Gasteiger partial charge in [-0.05, 0) is 6.42 Å². The van der Waals surface area contributed by atoms with Crippen LogP contribution in [0.25, 0.3) is 0 Å². The molecule has 0 aromatic rings. The molecule has 10 heavy (non-hydrogen) atoms. The van der Waals surface area contributed by atoms with Crippen molar-refractivity contribution in [3.63, 3.8) is 0 Å². The summed E-state index contributed by atoms with van der Waals surface area (Å²) in [7, 11) is 2.38. The molecular weight excluding hydrogens is 149 g/mol. The van der Waals surface area contributed by atoms with Gasteiger partial charge in [-0.3, -0.25) is 9.88 Å². The molecule has 0 bridgehead atoms. The molecule has 0 radical (unpaired) electrons. The summed E-state index contributed by atoms with van der Waals surface area (Å²) < 4.78 is 0. The van der Waals surface area contributed by atoms with Crippen LogP contribution in [-0.2, 0) is 4.79 Å². The lowest BCUT2D eigenvalue weighted by atomic mass is 10.1. The van der Waals surface area contributed by atoms with Gasteiger partial charge in [0, 0.05) is 6.04 Å². The Hall–Kier alpha value is -0.400. The highest BCUT2D eigenvalue weighted by Crippen LogP contribution is 2.18. The van der Waals surface area contributed by atoms with Crippen LogP contribution in [0.15, 0.2) is 12.2 Å². The number of hydrogen-bond acceptors (Lipinski definition) is 2. The van der Waals surface area contributed by atoms with E-state index in [1.54, 1.807) is 6.08 Å². The van der Waals surface area contributed by atoms with Gasteiger partial charge in [0.05, 0.1) is 5.92 Å². The predicted molar refractivity (Wildman–Crippen MR) is 41.5 cm³/mol. The average Bonchev–Trinajstić information content (AvgIpc) is 2.34. The molecule has 4 heteroatoms. The molecule has 0 spiro atoms. The minimum atomic E-state index is -0.737. The molecule has 3 nitrogen and oxygen atoms in total. The summed E-state index contributed by atoms with van der Waals surface area (Å²) in [6, 6.07) is 0.214. The maximum absolute atomic E-state index is 10.4. The minimum absolute atomic E-state index is 0.214. The molecule has 0 saturated heterocycles. The molecule has 1 aliphatic carbocycles. The number of carboxylic acids is 1. The third kappa shape index (κ3) is 1.55. The van der Waals surface area contributed by atoms with Crippen LogP contribution in [0.2, 0.25) is 0 Å². The Labute approximate surface area is 61.8 Å². The maximum atomic E-state index is 10.4. The maximum Gasteiger partial charge on any atom is 0.310 e. The van der Waals surface area contributed by atoms with Crippen LogP contribution < -0.4 is 5.09 Å². The molecule has 0 amide bonds. The van der Waals surface area contributed by atoms with Crippen molar-refractivity contribution >= 4 is 15.4 Å². The van der Waals surface area contributed by atoms with Gasteiger partial charge in [-0.1, -0.05) is 21.5 Å². The molecule has 0 fully saturated rings. The van der Waals surface area contributed by atoms with Crippen LogP contribution in [0.1, 0.15) is 6.42 Å². The van der Waals surface area contributed by atoms with Crippen molar-refractivity contribution in [2.45, 2.75) is 12.5 Å². The second-order valence-corrected chi connectivity index (χ2v) is 2.67. The van der Waals surface area contributed by atoms with Gasteiger partial charge in [0.25, 0.3) is 0 Å². The van der Waals surface area contributed by atoms with Crippen LogP contribution in [0.4, 0.5) is 0 Å². The predicted octanol–water partition coefficient (Wildman–Crippen LogP) is 0.395. The fourth-order valence-corrected chi connectivity index (χ4v) is 1.25. The smallest absolute Gasteiger partial charge is 0.310 e. The summed E-state index contributed by atoms with van der Waals surface area (Å²) in [5.74, 6) is -1.03. The van der Waals surface area contributed by atoms with Gasteiger partial charge >= 0.3 is 5.97 Å². The average molecular weight is 159 g/mol. The summed E-state index contributed by atoms with van der Waals surface area (Å²) in [4.78, 5) is 10.4. The Morgan fingerprint density at radius 1 is 1.70 bits per heavy atom. The zero-order chi connectivity index (χ0) is 7.56. The number of carbonyl (C=O) groups is 1. The SMILES string of the molecule is O=C(O)[C@H]1C=C[C@@H](NP)C1. The van der Waals surface area contributed by atoms with Crippen molar-refractivity contribution in [1.82, 2.24) is 5.09 Å². The van der Waals surface area contributed by atoms with E-state index in [0.717, 1.165) is 0 Å². The fraction of sp³-hybridized carbons (Fsp3) is 0.500. The molecule has 2 N–H and O–H groups in total. The van der Waals surface area contributed by atoms with Crippen molar-refractivity contribution in [3.05, 3.63) is 12.2 Å². The third-order valence-electron chi connectivity index (χ3n) is 1.61. The lowest BCUT2D eigenvalue weighted by Crippen LogP contribution is -2.18. The molecule has 3 atom stereocenters. The molecule has 0 aromatic heterocycles. The van der Waals surface area contributed by atoms with Crippen molar-refractivity contribution in [3.8, 4) is 0 Å². The van der Waals surface area contributed by atoms with E-state index < -0.39 is 5.97 Å². The van der Waals surface area contributed by atoms with Gasteiger partial charge in [0.2, 0.25) is 0 Å². The van der Waals surface area contributed by atoms with E-state index >= 15 is 0 Å². The van der Waals surface area contributed by atoms with Crippen LogP contribution in [-0.4, -0.2) is 17.1 Å². The van der Waals surface area contributed by atoms with Crippen LogP contribution in [0.5, 0.6) is 0 Å². The van der Waals surface area contributed by atoms with Crippen LogP contribution in [0, 0.1) is 5.92 Å². The Morgan fingerprint density at radius 2 is 2.40 bits per heavy atom. The second kappa shape index (κ2) is 3.13. The van der Waals surface area contributed by atoms with Crippen molar-refractivity contribution in [2.75, 3.05) is 0 Å². The van der Waals surface area contributed by atoms with Gasteiger partial charge in [0.15, 0.2) is 0 Å². The largest absolute Gasteiger partial charge is 0.481 e. The first-order valence-electron chi connectivity index (χ1n) is 3.11. The van der Waals surface area contributed by atoms with E-state index in [-0.39, 0.29) is 12.0 Å². The van der Waals surface area contributed by atoms with Crippen molar-refractivity contribution in [2.24, 2.45) is 5.92 Å². The first-order valence-corrected chi connectivity index (χ1v) is 3.69. The zero-order valence-corrected chi connectivity index (χ0v) is 6.60. The Morgan fingerprint density at radius 3 is 2.70 bits per heavy atom. The van der Waals surface area contributed by atoms with E-state index in [0.29, 0.717) is 6.42 Å². The molecule has 0 saturated carbocycles. The summed E-state index contributed by atoms with van der Waals surface area (Å²) in [6.07, 6.45) is 4.27. The van der Waals surface area contributed by atoms with E-state index in [2.05, 4.69) is 14.5 Å². The molecule has 1 unspecified atom stereocenters. The Balaban J connectivity index is 2.45. The monoisotopic (exact) mass is 159 g/mol. The Kier molecular flexibility index (Phi) is 2.41.